The summed E-state index contributed by atoms with van der Waals surface area (Å²) < 4.78 is 17.9. The quantitative estimate of drug-likeness (QED) is 0.261. The molecule has 1 heterocycles. The fourth-order valence-corrected chi connectivity index (χ4v) is 4.40. The fraction of sp³-hybridized carbons (Fsp3) is 0.241. The van der Waals surface area contributed by atoms with Crippen molar-refractivity contribution in [3.05, 3.63) is 80.6 Å². The van der Waals surface area contributed by atoms with E-state index in [2.05, 4.69) is 18.9 Å². The lowest BCUT2D eigenvalue weighted by Gasteiger charge is -2.17. The van der Waals surface area contributed by atoms with Gasteiger partial charge >= 0.3 is 0 Å². The number of halogens is 1. The molecule has 0 fully saturated rings. The summed E-state index contributed by atoms with van der Waals surface area (Å²) in [5.74, 6) is 1.94. The van der Waals surface area contributed by atoms with Crippen LogP contribution in [0, 0.1) is 18.3 Å². The Bertz CT molecular complexity index is 1640. The number of aryl methyl sites for hydroxylation is 1. The molecule has 0 radical (unpaired) electrons. The zero-order valence-electron chi connectivity index (χ0n) is 21.8. The molecular weight excluding hydrogens is 504 g/mol. The Labute approximate surface area is 225 Å². The van der Waals surface area contributed by atoms with E-state index in [1.165, 1.54) is 18.0 Å². The van der Waals surface area contributed by atoms with Gasteiger partial charge in [-0.1, -0.05) is 37.6 Å². The van der Waals surface area contributed by atoms with Gasteiger partial charge in [-0.15, -0.1) is 0 Å². The molecule has 0 aliphatic carbocycles. The second kappa shape index (κ2) is 11.4. The van der Waals surface area contributed by atoms with Crippen molar-refractivity contribution in [2.45, 2.75) is 26.7 Å². The highest BCUT2D eigenvalue weighted by Crippen LogP contribution is 2.35. The van der Waals surface area contributed by atoms with Gasteiger partial charge in [-0.2, -0.15) is 15.0 Å². The Morgan fingerprint density at radius 2 is 1.87 bits per heavy atom. The van der Waals surface area contributed by atoms with E-state index in [0.717, 1.165) is 22.4 Å². The standard InChI is InChI=1S/C29H27ClN4O4/c1-17(2)22-15-23(18(3)12-25(22)36-4)28-33-24-9-7-6-8-21(24)29(35)34(28)32-16-19-13-20(30)14-26(37-5)27(19)38-11-10-31/h6-9,12-17H,11H2,1-5H3. The van der Waals surface area contributed by atoms with E-state index in [-0.39, 0.29) is 23.8 Å². The van der Waals surface area contributed by atoms with Crippen LogP contribution in [-0.2, 0) is 0 Å². The monoisotopic (exact) mass is 530 g/mol. The minimum Gasteiger partial charge on any atom is -0.496 e. The summed E-state index contributed by atoms with van der Waals surface area (Å²) in [6.45, 7) is 5.88. The normalized spacial score (nSPS) is 11.2. The van der Waals surface area contributed by atoms with Crippen LogP contribution in [0.1, 0.15) is 36.5 Å². The van der Waals surface area contributed by atoms with E-state index in [1.54, 1.807) is 37.4 Å². The van der Waals surface area contributed by atoms with E-state index in [0.29, 0.717) is 33.1 Å². The highest BCUT2D eigenvalue weighted by atomic mass is 35.5. The topological polar surface area (TPSA) is 98.7 Å². The van der Waals surface area contributed by atoms with Gasteiger partial charge in [-0.05, 0) is 54.3 Å². The number of hydrogen-bond donors (Lipinski definition) is 0. The third-order valence-corrected chi connectivity index (χ3v) is 6.27. The van der Waals surface area contributed by atoms with Crippen molar-refractivity contribution in [1.29, 1.82) is 5.26 Å². The number of hydrogen-bond acceptors (Lipinski definition) is 7. The van der Waals surface area contributed by atoms with Gasteiger partial charge in [0.25, 0.3) is 5.56 Å². The molecule has 0 amide bonds. The molecule has 0 saturated heterocycles. The van der Waals surface area contributed by atoms with Gasteiger partial charge in [-0.3, -0.25) is 4.79 Å². The molecule has 0 unspecified atom stereocenters. The molecule has 0 atom stereocenters. The van der Waals surface area contributed by atoms with Crippen LogP contribution < -0.4 is 19.8 Å². The van der Waals surface area contributed by atoms with Crippen molar-refractivity contribution in [1.82, 2.24) is 9.66 Å². The molecule has 0 bridgehead atoms. The highest BCUT2D eigenvalue weighted by Gasteiger charge is 2.19. The largest absolute Gasteiger partial charge is 0.496 e. The minimum atomic E-state index is -0.336. The molecule has 0 aliphatic rings. The number of nitrogens with zero attached hydrogens (tertiary/aromatic N) is 4. The van der Waals surface area contributed by atoms with Crippen molar-refractivity contribution in [3.63, 3.8) is 0 Å². The van der Waals surface area contributed by atoms with Gasteiger partial charge in [0.05, 0.1) is 31.3 Å². The summed E-state index contributed by atoms with van der Waals surface area (Å²) in [7, 11) is 3.11. The third-order valence-electron chi connectivity index (χ3n) is 6.06. The maximum atomic E-state index is 13.7. The van der Waals surface area contributed by atoms with Gasteiger partial charge in [-0.25, -0.2) is 4.98 Å². The first-order chi connectivity index (χ1) is 18.3. The Morgan fingerprint density at radius 3 is 2.55 bits per heavy atom. The molecule has 8 nitrogen and oxygen atoms in total. The predicted octanol–water partition coefficient (Wildman–Crippen LogP) is 5.95. The fourth-order valence-electron chi connectivity index (χ4n) is 4.19. The number of nitriles is 1. The predicted molar refractivity (Wildman–Crippen MR) is 149 cm³/mol. The molecule has 3 aromatic carbocycles. The zero-order chi connectivity index (χ0) is 27.4. The molecule has 0 saturated carbocycles. The smallest absolute Gasteiger partial charge is 0.282 e. The van der Waals surface area contributed by atoms with Crippen LogP contribution in [-0.4, -0.2) is 36.7 Å². The SMILES string of the molecule is COc1cc(C)c(-c2nc3ccccc3c(=O)n2N=Cc2cc(Cl)cc(OC)c2OCC#N)cc1C(C)C. The Hall–Kier alpha value is -4.35. The van der Waals surface area contributed by atoms with Crippen molar-refractivity contribution >= 4 is 28.7 Å². The van der Waals surface area contributed by atoms with Crippen molar-refractivity contribution in [3.8, 4) is 34.7 Å². The number of fused-ring (bicyclic) bond motifs is 1. The Morgan fingerprint density at radius 1 is 1.13 bits per heavy atom. The molecule has 0 N–H and O–H groups in total. The summed E-state index contributed by atoms with van der Waals surface area (Å²) in [6, 6.07) is 16.2. The Kier molecular flexibility index (Phi) is 7.99. The van der Waals surface area contributed by atoms with Crippen molar-refractivity contribution < 1.29 is 14.2 Å². The molecule has 4 rings (SSSR count). The van der Waals surface area contributed by atoms with Gasteiger partial charge in [0.2, 0.25) is 0 Å². The summed E-state index contributed by atoms with van der Waals surface area (Å²) in [6.07, 6.45) is 1.45. The van der Waals surface area contributed by atoms with Gasteiger partial charge in [0.15, 0.2) is 23.9 Å². The summed E-state index contributed by atoms with van der Waals surface area (Å²) in [4.78, 5) is 18.5. The van der Waals surface area contributed by atoms with E-state index in [1.807, 2.05) is 31.2 Å². The number of benzene rings is 3. The first-order valence-electron chi connectivity index (χ1n) is 11.9. The molecule has 9 heteroatoms. The summed E-state index contributed by atoms with van der Waals surface area (Å²) >= 11 is 6.29. The van der Waals surface area contributed by atoms with E-state index >= 15 is 0 Å². The highest BCUT2D eigenvalue weighted by molar-refractivity contribution is 6.31. The minimum absolute atomic E-state index is 0.173. The van der Waals surface area contributed by atoms with E-state index < -0.39 is 0 Å². The second-order valence-corrected chi connectivity index (χ2v) is 9.29. The molecule has 38 heavy (non-hydrogen) atoms. The molecular formula is C29H27ClN4O4. The van der Waals surface area contributed by atoms with Crippen molar-refractivity contribution in [2.75, 3.05) is 20.8 Å². The number of aromatic nitrogens is 2. The number of ether oxygens (including phenoxy) is 3. The van der Waals surface area contributed by atoms with Gasteiger partial charge in [0.1, 0.15) is 11.8 Å². The average Bonchev–Trinajstić information content (AvgIpc) is 2.91. The van der Waals surface area contributed by atoms with Gasteiger partial charge < -0.3 is 14.2 Å². The molecule has 194 valence electrons. The lowest BCUT2D eigenvalue weighted by Crippen LogP contribution is -2.21. The van der Waals surface area contributed by atoms with Crippen LogP contribution in [0.15, 0.2) is 58.4 Å². The first kappa shape index (κ1) is 26.7. The lowest BCUT2D eigenvalue weighted by atomic mass is 9.96. The van der Waals surface area contributed by atoms with Crippen LogP contribution in [0.2, 0.25) is 5.02 Å². The van der Waals surface area contributed by atoms with Crippen LogP contribution in [0.4, 0.5) is 0 Å². The van der Waals surface area contributed by atoms with Crippen LogP contribution in [0.25, 0.3) is 22.3 Å². The van der Waals surface area contributed by atoms with Crippen molar-refractivity contribution in [2.24, 2.45) is 5.10 Å². The molecule has 1 aromatic heterocycles. The maximum Gasteiger partial charge on any atom is 0.282 e. The maximum absolute atomic E-state index is 13.7. The average molecular weight is 531 g/mol. The zero-order valence-corrected chi connectivity index (χ0v) is 22.5. The van der Waals surface area contributed by atoms with Crippen LogP contribution in [0.5, 0.6) is 17.2 Å². The van der Waals surface area contributed by atoms with Crippen LogP contribution in [0.3, 0.4) is 0 Å². The summed E-state index contributed by atoms with van der Waals surface area (Å²) in [5, 5.41) is 14.4. The second-order valence-electron chi connectivity index (χ2n) is 8.85. The molecule has 0 spiro atoms. The summed E-state index contributed by atoms with van der Waals surface area (Å²) in [5.41, 5.74) is 3.26. The molecule has 4 aromatic rings. The molecule has 0 aliphatic heterocycles. The first-order valence-corrected chi connectivity index (χ1v) is 12.3. The Balaban J connectivity index is 1.99. The number of para-hydroxylation sites is 1. The number of methoxy groups -OCH3 is 2. The van der Waals surface area contributed by atoms with Gasteiger partial charge in [0, 0.05) is 22.2 Å². The van der Waals surface area contributed by atoms with E-state index in [9.17, 15) is 4.79 Å². The third kappa shape index (κ3) is 5.20. The van der Waals surface area contributed by atoms with Crippen LogP contribution >= 0.6 is 11.6 Å². The lowest BCUT2D eigenvalue weighted by molar-refractivity contribution is 0.329. The number of rotatable bonds is 8. The van der Waals surface area contributed by atoms with E-state index in [4.69, 9.17) is 36.1 Å².